The lowest BCUT2D eigenvalue weighted by Gasteiger charge is -2.06. The molecule has 0 radical (unpaired) electrons. The highest BCUT2D eigenvalue weighted by atomic mass is 79.9. The molecule has 0 aliphatic carbocycles. The number of fused-ring (bicyclic) bond motifs is 1. The molecule has 6 nitrogen and oxygen atoms in total. The molecule has 1 amide bonds. The highest BCUT2D eigenvalue weighted by Crippen LogP contribution is 2.36. The zero-order chi connectivity index (χ0) is 18.0. The lowest BCUT2D eigenvalue weighted by molar-refractivity contribution is 0.102. The van der Waals surface area contributed by atoms with Crippen LogP contribution in [-0.2, 0) is 0 Å². The summed E-state index contributed by atoms with van der Waals surface area (Å²) in [5.41, 5.74) is 1.18. The predicted molar refractivity (Wildman–Crippen MR) is 101 cm³/mol. The maximum absolute atomic E-state index is 12.5. The van der Waals surface area contributed by atoms with Gasteiger partial charge < -0.3 is 14.2 Å². The van der Waals surface area contributed by atoms with Crippen LogP contribution in [0.4, 0.5) is 5.13 Å². The number of nitrogens with zero attached hydrogens (tertiary/aromatic N) is 1. The van der Waals surface area contributed by atoms with Gasteiger partial charge in [0.25, 0.3) is 5.91 Å². The minimum atomic E-state index is -0.256. The Morgan fingerprint density at radius 2 is 1.84 bits per heavy atom. The van der Waals surface area contributed by atoms with Gasteiger partial charge in [-0.1, -0.05) is 11.3 Å². The quantitative estimate of drug-likeness (QED) is 0.662. The molecule has 130 valence electrons. The summed E-state index contributed by atoms with van der Waals surface area (Å²) < 4.78 is 17.3. The summed E-state index contributed by atoms with van der Waals surface area (Å²) in [4.78, 5) is 16.9. The Hall–Kier alpha value is -2.32. The molecule has 0 fully saturated rings. The van der Waals surface area contributed by atoms with Gasteiger partial charge >= 0.3 is 0 Å². The van der Waals surface area contributed by atoms with Gasteiger partial charge in [0.2, 0.25) is 0 Å². The topological polar surface area (TPSA) is 69.7 Å². The first-order valence-corrected chi connectivity index (χ1v) is 8.84. The van der Waals surface area contributed by atoms with Crippen molar-refractivity contribution in [3.05, 3.63) is 40.4 Å². The largest absolute Gasteiger partial charge is 0.497 e. The van der Waals surface area contributed by atoms with E-state index >= 15 is 0 Å². The Kier molecular flexibility index (Phi) is 5.10. The summed E-state index contributed by atoms with van der Waals surface area (Å²) in [6, 6.07) is 8.73. The Morgan fingerprint density at radius 1 is 1.08 bits per heavy atom. The third kappa shape index (κ3) is 3.54. The summed E-state index contributed by atoms with van der Waals surface area (Å²) in [6.07, 6.45) is 0. The van der Waals surface area contributed by atoms with Crippen molar-refractivity contribution in [2.45, 2.75) is 0 Å². The fourth-order valence-corrected chi connectivity index (χ4v) is 3.73. The summed E-state index contributed by atoms with van der Waals surface area (Å²) in [7, 11) is 4.73. The molecular weight excluding hydrogens is 408 g/mol. The second kappa shape index (κ2) is 7.28. The summed E-state index contributed by atoms with van der Waals surface area (Å²) in [6.45, 7) is 0. The predicted octanol–water partition coefficient (Wildman–Crippen LogP) is 4.34. The van der Waals surface area contributed by atoms with Gasteiger partial charge in [-0.25, -0.2) is 4.98 Å². The van der Waals surface area contributed by atoms with Crippen molar-refractivity contribution < 1.29 is 19.0 Å². The molecule has 0 aliphatic rings. The number of halogens is 1. The van der Waals surface area contributed by atoms with Gasteiger partial charge in [0.05, 0.1) is 30.5 Å². The molecule has 1 heterocycles. The standard InChI is InChI=1S/C17H15BrN2O4S/c1-22-10-7-13(24-3)15-14(8-10)25-17(19-15)20-16(21)9-4-5-12(23-2)11(18)6-9/h4-8H,1-3H3,(H,19,20,21). The van der Waals surface area contributed by atoms with Gasteiger partial charge in [-0.3, -0.25) is 10.1 Å². The molecule has 0 atom stereocenters. The van der Waals surface area contributed by atoms with Crippen molar-refractivity contribution in [1.29, 1.82) is 0 Å². The van der Waals surface area contributed by atoms with E-state index in [0.717, 1.165) is 4.70 Å². The van der Waals surface area contributed by atoms with Crippen LogP contribution in [0.25, 0.3) is 10.2 Å². The van der Waals surface area contributed by atoms with Crippen LogP contribution in [0.1, 0.15) is 10.4 Å². The first-order chi connectivity index (χ1) is 12.0. The minimum absolute atomic E-state index is 0.256. The molecule has 0 saturated carbocycles. The lowest BCUT2D eigenvalue weighted by atomic mass is 10.2. The normalized spacial score (nSPS) is 10.6. The SMILES string of the molecule is COc1cc(OC)c2nc(NC(=O)c3ccc(OC)c(Br)c3)sc2c1. The average molecular weight is 423 g/mol. The number of amides is 1. The van der Waals surface area contributed by atoms with E-state index in [9.17, 15) is 4.79 Å². The molecule has 0 saturated heterocycles. The summed E-state index contributed by atoms with van der Waals surface area (Å²) >= 11 is 4.73. The number of aromatic nitrogens is 1. The van der Waals surface area contributed by atoms with Gasteiger partial charge in [-0.15, -0.1) is 0 Å². The van der Waals surface area contributed by atoms with Crippen LogP contribution in [-0.4, -0.2) is 32.2 Å². The van der Waals surface area contributed by atoms with Crippen molar-refractivity contribution in [3.63, 3.8) is 0 Å². The Balaban J connectivity index is 1.89. The van der Waals surface area contributed by atoms with Crippen LogP contribution in [0.2, 0.25) is 0 Å². The van der Waals surface area contributed by atoms with Crippen LogP contribution in [0.15, 0.2) is 34.8 Å². The molecule has 8 heteroatoms. The number of hydrogen-bond acceptors (Lipinski definition) is 6. The molecule has 1 aromatic heterocycles. The molecule has 2 aromatic carbocycles. The second-order valence-corrected chi connectivity index (χ2v) is 6.88. The van der Waals surface area contributed by atoms with Crippen LogP contribution >= 0.6 is 27.3 Å². The fourth-order valence-electron chi connectivity index (χ4n) is 2.28. The van der Waals surface area contributed by atoms with Crippen LogP contribution in [0.3, 0.4) is 0 Å². The Morgan fingerprint density at radius 3 is 2.48 bits per heavy atom. The van der Waals surface area contributed by atoms with Gasteiger partial charge in [0.1, 0.15) is 22.8 Å². The molecule has 3 rings (SSSR count). The molecule has 0 spiro atoms. The van der Waals surface area contributed by atoms with Crippen molar-refractivity contribution in [2.75, 3.05) is 26.6 Å². The molecular formula is C17H15BrN2O4S. The number of rotatable bonds is 5. The molecule has 0 unspecified atom stereocenters. The van der Waals surface area contributed by atoms with E-state index in [1.165, 1.54) is 11.3 Å². The number of ether oxygens (including phenoxy) is 3. The summed E-state index contributed by atoms with van der Waals surface area (Å²) in [5, 5.41) is 3.30. The second-order valence-electron chi connectivity index (χ2n) is 5.00. The van der Waals surface area contributed by atoms with Crippen molar-refractivity contribution in [1.82, 2.24) is 4.98 Å². The van der Waals surface area contributed by atoms with Crippen molar-refractivity contribution in [2.24, 2.45) is 0 Å². The number of carbonyl (C=O) groups is 1. The summed E-state index contributed by atoms with van der Waals surface area (Å²) in [5.74, 6) is 1.67. The molecule has 0 bridgehead atoms. The monoisotopic (exact) mass is 422 g/mol. The molecule has 3 aromatic rings. The molecule has 0 aliphatic heterocycles. The molecule has 25 heavy (non-hydrogen) atoms. The number of nitrogens with one attached hydrogen (secondary N) is 1. The number of anilines is 1. The highest BCUT2D eigenvalue weighted by molar-refractivity contribution is 9.10. The van der Waals surface area contributed by atoms with E-state index in [1.807, 2.05) is 6.07 Å². The van der Waals surface area contributed by atoms with Gasteiger partial charge in [-0.05, 0) is 40.2 Å². The first kappa shape index (κ1) is 17.5. The maximum Gasteiger partial charge on any atom is 0.257 e. The Labute approximate surface area is 156 Å². The van der Waals surface area contributed by atoms with E-state index in [1.54, 1.807) is 45.6 Å². The van der Waals surface area contributed by atoms with Gasteiger partial charge in [0, 0.05) is 11.6 Å². The fraction of sp³-hybridized carbons (Fsp3) is 0.176. The highest BCUT2D eigenvalue weighted by Gasteiger charge is 2.15. The van der Waals surface area contributed by atoms with Crippen LogP contribution in [0.5, 0.6) is 17.2 Å². The van der Waals surface area contributed by atoms with Crippen molar-refractivity contribution in [3.8, 4) is 17.2 Å². The number of thiazole rings is 1. The minimum Gasteiger partial charge on any atom is -0.497 e. The third-order valence-electron chi connectivity index (χ3n) is 3.52. The van der Waals surface area contributed by atoms with E-state index in [-0.39, 0.29) is 5.91 Å². The third-order valence-corrected chi connectivity index (χ3v) is 5.06. The average Bonchev–Trinajstić information content (AvgIpc) is 3.02. The zero-order valence-electron chi connectivity index (χ0n) is 13.8. The van der Waals surface area contributed by atoms with Gasteiger partial charge in [-0.2, -0.15) is 0 Å². The van der Waals surface area contributed by atoms with Crippen LogP contribution in [0, 0.1) is 0 Å². The number of carbonyl (C=O) groups excluding carboxylic acids is 1. The first-order valence-electron chi connectivity index (χ1n) is 7.23. The lowest BCUT2D eigenvalue weighted by Crippen LogP contribution is -2.11. The van der Waals surface area contributed by atoms with E-state index in [0.29, 0.717) is 37.9 Å². The molecule has 1 N–H and O–H groups in total. The number of benzene rings is 2. The van der Waals surface area contributed by atoms with E-state index in [2.05, 4.69) is 26.2 Å². The Bertz CT molecular complexity index is 942. The van der Waals surface area contributed by atoms with Crippen LogP contribution < -0.4 is 19.5 Å². The maximum atomic E-state index is 12.5. The number of hydrogen-bond donors (Lipinski definition) is 1. The van der Waals surface area contributed by atoms with Crippen molar-refractivity contribution >= 4 is 48.5 Å². The zero-order valence-corrected chi connectivity index (χ0v) is 16.2. The smallest absolute Gasteiger partial charge is 0.257 e. The van der Waals surface area contributed by atoms with E-state index < -0.39 is 0 Å². The van der Waals surface area contributed by atoms with Gasteiger partial charge in [0.15, 0.2) is 5.13 Å². The van der Waals surface area contributed by atoms with E-state index in [4.69, 9.17) is 14.2 Å². The number of methoxy groups -OCH3 is 3.